The Bertz CT molecular complexity index is 180. The van der Waals surface area contributed by atoms with Crippen molar-refractivity contribution in [2.24, 2.45) is 0 Å². The van der Waals surface area contributed by atoms with Gasteiger partial charge in [-0.1, -0.05) is 0 Å². The van der Waals surface area contributed by atoms with Crippen LogP contribution in [-0.2, 0) is 0 Å². The van der Waals surface area contributed by atoms with Crippen LogP contribution in [0, 0.1) is 0 Å². The number of piperidine rings is 1. The predicted molar refractivity (Wildman–Crippen MR) is 62.0 cm³/mol. The normalized spacial score (nSPS) is 29.8. The molecule has 1 unspecified atom stereocenters. The van der Waals surface area contributed by atoms with Gasteiger partial charge in [-0.15, -0.1) is 0 Å². The molecule has 0 amide bonds. The molecule has 0 bridgehead atoms. The van der Waals surface area contributed by atoms with Crippen molar-refractivity contribution in [3.05, 3.63) is 0 Å². The molecular weight excluding hydrogens is 188 g/mol. The number of hydrogen-bond acceptors (Lipinski definition) is 3. The van der Waals surface area contributed by atoms with Gasteiger partial charge in [0, 0.05) is 25.7 Å². The summed E-state index contributed by atoms with van der Waals surface area (Å²) in [5, 5.41) is 8.84. The maximum atomic E-state index is 8.84. The fraction of sp³-hybridized carbons (Fsp3) is 1.00. The van der Waals surface area contributed by atoms with E-state index in [0.29, 0.717) is 6.61 Å². The molecule has 0 aromatic carbocycles. The van der Waals surface area contributed by atoms with E-state index in [1.165, 1.54) is 51.9 Å². The average molecular weight is 212 g/mol. The highest BCUT2D eigenvalue weighted by atomic mass is 16.3. The molecule has 2 saturated heterocycles. The van der Waals surface area contributed by atoms with Crippen LogP contribution < -0.4 is 0 Å². The second-order valence-corrected chi connectivity index (χ2v) is 4.92. The van der Waals surface area contributed by atoms with E-state index in [9.17, 15) is 0 Å². The minimum absolute atomic E-state index is 0.338. The minimum Gasteiger partial charge on any atom is -0.396 e. The van der Waals surface area contributed by atoms with Gasteiger partial charge in [-0.3, -0.25) is 4.90 Å². The summed E-state index contributed by atoms with van der Waals surface area (Å²) >= 11 is 0. The van der Waals surface area contributed by atoms with Gasteiger partial charge in [-0.25, -0.2) is 0 Å². The third kappa shape index (κ3) is 3.16. The van der Waals surface area contributed by atoms with Gasteiger partial charge >= 0.3 is 0 Å². The first-order chi connectivity index (χ1) is 7.40. The Morgan fingerprint density at radius 2 is 1.87 bits per heavy atom. The topological polar surface area (TPSA) is 26.7 Å². The summed E-state index contributed by atoms with van der Waals surface area (Å²) in [4.78, 5) is 5.20. The van der Waals surface area contributed by atoms with Gasteiger partial charge < -0.3 is 10.0 Å². The molecular formula is C12H24N2O. The number of rotatable bonds is 4. The average Bonchev–Trinajstić information content (AvgIpc) is 2.80. The molecule has 0 radical (unpaired) electrons. The van der Waals surface area contributed by atoms with Gasteiger partial charge in [0.15, 0.2) is 0 Å². The van der Waals surface area contributed by atoms with Crippen LogP contribution in [-0.4, -0.2) is 60.3 Å². The van der Waals surface area contributed by atoms with E-state index >= 15 is 0 Å². The highest BCUT2D eigenvalue weighted by molar-refractivity contribution is 4.83. The highest BCUT2D eigenvalue weighted by Crippen LogP contribution is 2.20. The second kappa shape index (κ2) is 5.83. The van der Waals surface area contributed by atoms with E-state index in [4.69, 9.17) is 5.11 Å². The van der Waals surface area contributed by atoms with Crippen molar-refractivity contribution in [1.29, 1.82) is 0 Å². The molecule has 1 atom stereocenters. The smallest absolute Gasteiger partial charge is 0.0443 e. The minimum atomic E-state index is 0.338. The van der Waals surface area contributed by atoms with Crippen LogP contribution in [0.15, 0.2) is 0 Å². The standard InChI is InChI=1S/C12H24N2O/c15-10-4-7-13-6-3-5-12(11-13)14-8-1-2-9-14/h12,15H,1-11H2. The first kappa shape index (κ1) is 11.4. The predicted octanol–water partition coefficient (Wildman–Crippen LogP) is 0.929. The molecule has 3 nitrogen and oxygen atoms in total. The molecule has 0 saturated carbocycles. The number of hydrogen-bond donors (Lipinski definition) is 1. The molecule has 15 heavy (non-hydrogen) atoms. The quantitative estimate of drug-likeness (QED) is 0.751. The summed E-state index contributed by atoms with van der Waals surface area (Å²) in [6.07, 6.45) is 6.45. The van der Waals surface area contributed by atoms with Crippen molar-refractivity contribution >= 4 is 0 Å². The van der Waals surface area contributed by atoms with E-state index in [1.54, 1.807) is 0 Å². The SMILES string of the molecule is OCCCN1CCCC(N2CCCC2)C1. The number of likely N-dealkylation sites (tertiary alicyclic amines) is 2. The van der Waals surface area contributed by atoms with Gasteiger partial charge in [0.05, 0.1) is 0 Å². The summed E-state index contributed by atoms with van der Waals surface area (Å²) in [5.41, 5.74) is 0. The lowest BCUT2D eigenvalue weighted by Gasteiger charge is -2.37. The Hall–Kier alpha value is -0.120. The van der Waals surface area contributed by atoms with Crippen LogP contribution in [0.25, 0.3) is 0 Å². The van der Waals surface area contributed by atoms with Crippen molar-refractivity contribution in [3.63, 3.8) is 0 Å². The summed E-state index contributed by atoms with van der Waals surface area (Å²) in [5.74, 6) is 0. The fourth-order valence-electron chi connectivity index (χ4n) is 2.93. The van der Waals surface area contributed by atoms with Gasteiger partial charge in [-0.05, 0) is 51.7 Å². The Kier molecular flexibility index (Phi) is 4.42. The zero-order valence-corrected chi connectivity index (χ0v) is 9.70. The summed E-state index contributed by atoms with van der Waals surface area (Å²) in [6, 6.07) is 0.806. The summed E-state index contributed by atoms with van der Waals surface area (Å²) < 4.78 is 0. The van der Waals surface area contributed by atoms with E-state index in [0.717, 1.165) is 19.0 Å². The molecule has 2 rings (SSSR count). The van der Waals surface area contributed by atoms with Crippen LogP contribution in [0.1, 0.15) is 32.1 Å². The number of aliphatic hydroxyl groups is 1. The van der Waals surface area contributed by atoms with Gasteiger partial charge in [0.2, 0.25) is 0 Å². The van der Waals surface area contributed by atoms with Gasteiger partial charge in [-0.2, -0.15) is 0 Å². The van der Waals surface area contributed by atoms with E-state index in [2.05, 4.69) is 9.80 Å². The molecule has 0 aromatic rings. The molecule has 0 aromatic heterocycles. The molecule has 88 valence electrons. The second-order valence-electron chi connectivity index (χ2n) is 4.92. The van der Waals surface area contributed by atoms with Crippen LogP contribution in [0.4, 0.5) is 0 Å². The molecule has 1 N–H and O–H groups in total. The van der Waals surface area contributed by atoms with Crippen molar-refractivity contribution in [1.82, 2.24) is 9.80 Å². The van der Waals surface area contributed by atoms with Crippen molar-refractivity contribution < 1.29 is 5.11 Å². The molecule has 2 heterocycles. The molecule has 2 aliphatic heterocycles. The first-order valence-corrected chi connectivity index (χ1v) is 6.47. The maximum Gasteiger partial charge on any atom is 0.0443 e. The Balaban J connectivity index is 1.75. The summed E-state index contributed by atoms with van der Waals surface area (Å²) in [7, 11) is 0. The third-order valence-electron chi connectivity index (χ3n) is 3.77. The lowest BCUT2D eigenvalue weighted by molar-refractivity contribution is 0.109. The molecule has 0 spiro atoms. The van der Waals surface area contributed by atoms with E-state index in [-0.39, 0.29) is 0 Å². The molecule has 2 fully saturated rings. The molecule has 3 heteroatoms. The van der Waals surface area contributed by atoms with Crippen molar-refractivity contribution in [2.45, 2.75) is 38.1 Å². The Labute approximate surface area is 93.1 Å². The van der Waals surface area contributed by atoms with Gasteiger partial charge in [0.25, 0.3) is 0 Å². The Morgan fingerprint density at radius 3 is 2.60 bits per heavy atom. The van der Waals surface area contributed by atoms with Crippen molar-refractivity contribution in [2.75, 3.05) is 39.3 Å². The molecule has 0 aliphatic carbocycles. The number of aliphatic hydroxyl groups excluding tert-OH is 1. The molecule has 2 aliphatic rings. The highest BCUT2D eigenvalue weighted by Gasteiger charge is 2.26. The summed E-state index contributed by atoms with van der Waals surface area (Å²) in [6.45, 7) is 6.53. The monoisotopic (exact) mass is 212 g/mol. The lowest BCUT2D eigenvalue weighted by Crippen LogP contribution is -2.47. The van der Waals surface area contributed by atoms with Crippen LogP contribution in [0.5, 0.6) is 0 Å². The maximum absolute atomic E-state index is 8.84. The first-order valence-electron chi connectivity index (χ1n) is 6.47. The van der Waals surface area contributed by atoms with Crippen LogP contribution in [0.2, 0.25) is 0 Å². The fourth-order valence-corrected chi connectivity index (χ4v) is 2.93. The zero-order chi connectivity index (χ0) is 10.5. The van der Waals surface area contributed by atoms with Crippen molar-refractivity contribution in [3.8, 4) is 0 Å². The number of nitrogens with zero attached hydrogens (tertiary/aromatic N) is 2. The Morgan fingerprint density at radius 1 is 1.07 bits per heavy atom. The van der Waals surface area contributed by atoms with Gasteiger partial charge in [0.1, 0.15) is 0 Å². The largest absolute Gasteiger partial charge is 0.396 e. The third-order valence-corrected chi connectivity index (χ3v) is 3.77. The van der Waals surface area contributed by atoms with Crippen LogP contribution >= 0.6 is 0 Å². The zero-order valence-electron chi connectivity index (χ0n) is 9.70. The van der Waals surface area contributed by atoms with E-state index in [1.807, 2.05) is 0 Å². The van der Waals surface area contributed by atoms with E-state index < -0.39 is 0 Å². The van der Waals surface area contributed by atoms with Crippen LogP contribution in [0.3, 0.4) is 0 Å². The lowest BCUT2D eigenvalue weighted by atomic mass is 10.0.